The zero-order chi connectivity index (χ0) is 11.6. The van der Waals surface area contributed by atoms with Crippen molar-refractivity contribution < 1.29 is 0 Å². The van der Waals surface area contributed by atoms with Gasteiger partial charge in [0.15, 0.2) is 0 Å². The third-order valence-electron chi connectivity index (χ3n) is 4.11. The Morgan fingerprint density at radius 1 is 1.50 bits per heavy atom. The minimum atomic E-state index is 0.343. The van der Waals surface area contributed by atoms with Crippen molar-refractivity contribution in [3.8, 4) is 0 Å². The number of hydrogen-bond donors (Lipinski definition) is 1. The second kappa shape index (κ2) is 4.58. The summed E-state index contributed by atoms with van der Waals surface area (Å²) >= 11 is 0. The standard InChI is InChI=1S/C13H23N3/c1-11-3-5-13(10-14,6-4-11)7-12-8-15-16(2)9-12/h8-9,11H,3-7,10,14H2,1-2H3. The zero-order valence-electron chi connectivity index (χ0n) is 10.4. The van der Waals surface area contributed by atoms with E-state index >= 15 is 0 Å². The van der Waals surface area contributed by atoms with Gasteiger partial charge < -0.3 is 5.73 Å². The molecule has 0 aromatic carbocycles. The quantitative estimate of drug-likeness (QED) is 0.849. The maximum atomic E-state index is 6.01. The lowest BCUT2D eigenvalue weighted by molar-refractivity contribution is 0.163. The molecule has 2 N–H and O–H groups in total. The molecular formula is C13H23N3. The largest absolute Gasteiger partial charge is 0.330 e. The molecule has 0 radical (unpaired) electrons. The van der Waals surface area contributed by atoms with Gasteiger partial charge in [0.1, 0.15) is 0 Å². The molecule has 16 heavy (non-hydrogen) atoms. The van der Waals surface area contributed by atoms with Gasteiger partial charge in [-0.25, -0.2) is 0 Å². The summed E-state index contributed by atoms with van der Waals surface area (Å²) in [5, 5.41) is 4.24. The summed E-state index contributed by atoms with van der Waals surface area (Å²) in [5.74, 6) is 0.883. The van der Waals surface area contributed by atoms with Gasteiger partial charge in [-0.3, -0.25) is 4.68 Å². The Morgan fingerprint density at radius 2 is 2.19 bits per heavy atom. The molecule has 1 aliphatic carbocycles. The maximum Gasteiger partial charge on any atom is 0.0521 e. The van der Waals surface area contributed by atoms with E-state index in [2.05, 4.69) is 18.2 Å². The van der Waals surface area contributed by atoms with Crippen LogP contribution in [0.4, 0.5) is 0 Å². The molecule has 1 heterocycles. The van der Waals surface area contributed by atoms with Crippen LogP contribution >= 0.6 is 0 Å². The number of rotatable bonds is 3. The molecule has 3 nitrogen and oxygen atoms in total. The smallest absolute Gasteiger partial charge is 0.0521 e. The molecule has 0 atom stereocenters. The van der Waals surface area contributed by atoms with Crippen molar-refractivity contribution in [2.75, 3.05) is 6.54 Å². The summed E-state index contributed by atoms with van der Waals surface area (Å²) in [6.45, 7) is 3.17. The van der Waals surface area contributed by atoms with Crippen LogP contribution in [0.2, 0.25) is 0 Å². The molecule has 0 aliphatic heterocycles. The summed E-state index contributed by atoms with van der Waals surface area (Å²) in [6, 6.07) is 0. The number of aromatic nitrogens is 2. The van der Waals surface area contributed by atoms with Gasteiger partial charge >= 0.3 is 0 Å². The molecule has 0 amide bonds. The summed E-state index contributed by atoms with van der Waals surface area (Å²) in [6.07, 6.45) is 10.4. The molecule has 90 valence electrons. The minimum Gasteiger partial charge on any atom is -0.330 e. The lowest BCUT2D eigenvalue weighted by Crippen LogP contribution is -2.36. The molecule has 2 rings (SSSR count). The van der Waals surface area contributed by atoms with E-state index in [-0.39, 0.29) is 0 Å². The number of nitrogens with two attached hydrogens (primary N) is 1. The second-order valence-electron chi connectivity index (χ2n) is 5.59. The third-order valence-corrected chi connectivity index (χ3v) is 4.11. The van der Waals surface area contributed by atoms with E-state index in [9.17, 15) is 0 Å². The van der Waals surface area contributed by atoms with Gasteiger partial charge in [-0.1, -0.05) is 19.8 Å². The van der Waals surface area contributed by atoms with E-state index < -0.39 is 0 Å². The third kappa shape index (κ3) is 2.46. The van der Waals surface area contributed by atoms with Crippen LogP contribution in [0.1, 0.15) is 38.2 Å². The van der Waals surface area contributed by atoms with E-state index in [1.165, 1.54) is 31.2 Å². The van der Waals surface area contributed by atoms with Gasteiger partial charge in [-0.15, -0.1) is 0 Å². The van der Waals surface area contributed by atoms with Crippen LogP contribution in [0.5, 0.6) is 0 Å². The van der Waals surface area contributed by atoms with Crippen molar-refractivity contribution >= 4 is 0 Å². The van der Waals surface area contributed by atoms with Gasteiger partial charge in [0.25, 0.3) is 0 Å². The SMILES string of the molecule is CC1CCC(CN)(Cc2cnn(C)c2)CC1. The van der Waals surface area contributed by atoms with Crippen molar-refractivity contribution in [1.29, 1.82) is 0 Å². The van der Waals surface area contributed by atoms with E-state index in [1.54, 1.807) is 0 Å². The molecule has 1 fully saturated rings. The molecule has 1 aromatic rings. The lowest BCUT2D eigenvalue weighted by atomic mass is 9.68. The Morgan fingerprint density at radius 3 is 2.69 bits per heavy atom. The Labute approximate surface area is 98.0 Å². The molecular weight excluding hydrogens is 198 g/mol. The minimum absolute atomic E-state index is 0.343. The van der Waals surface area contributed by atoms with Crippen molar-refractivity contribution in [1.82, 2.24) is 9.78 Å². The molecule has 1 saturated carbocycles. The Kier molecular flexibility index (Phi) is 3.33. The molecule has 3 heteroatoms. The summed E-state index contributed by atoms with van der Waals surface area (Å²) in [4.78, 5) is 0. The fourth-order valence-corrected chi connectivity index (χ4v) is 2.82. The van der Waals surface area contributed by atoms with E-state index in [4.69, 9.17) is 5.73 Å². The van der Waals surface area contributed by atoms with E-state index in [1.807, 2.05) is 17.9 Å². The first kappa shape index (κ1) is 11.6. The lowest BCUT2D eigenvalue weighted by Gasteiger charge is -2.38. The average molecular weight is 221 g/mol. The molecule has 0 saturated heterocycles. The van der Waals surface area contributed by atoms with Crippen LogP contribution in [-0.2, 0) is 13.5 Å². The van der Waals surface area contributed by atoms with Crippen LogP contribution in [0, 0.1) is 11.3 Å². The van der Waals surface area contributed by atoms with Crippen LogP contribution in [0.25, 0.3) is 0 Å². The predicted octanol–water partition coefficient (Wildman–Crippen LogP) is 2.12. The summed E-state index contributed by atoms with van der Waals surface area (Å²) in [5.41, 5.74) is 7.69. The molecule has 1 aromatic heterocycles. The van der Waals surface area contributed by atoms with Crippen LogP contribution in [-0.4, -0.2) is 16.3 Å². The highest BCUT2D eigenvalue weighted by Gasteiger charge is 2.33. The maximum absolute atomic E-state index is 6.01. The Balaban J connectivity index is 2.04. The van der Waals surface area contributed by atoms with Crippen molar-refractivity contribution in [3.05, 3.63) is 18.0 Å². The summed E-state index contributed by atoms with van der Waals surface area (Å²) in [7, 11) is 1.97. The molecule has 0 spiro atoms. The Bertz CT molecular complexity index is 335. The number of nitrogens with zero attached hydrogens (tertiary/aromatic N) is 2. The Hall–Kier alpha value is -0.830. The number of aryl methyl sites for hydroxylation is 1. The highest BCUT2D eigenvalue weighted by atomic mass is 15.2. The average Bonchev–Trinajstić information content (AvgIpc) is 2.68. The van der Waals surface area contributed by atoms with Gasteiger partial charge in [-0.05, 0) is 42.7 Å². The fraction of sp³-hybridized carbons (Fsp3) is 0.769. The van der Waals surface area contributed by atoms with Crippen molar-refractivity contribution in [3.63, 3.8) is 0 Å². The van der Waals surface area contributed by atoms with Crippen LogP contribution in [0.15, 0.2) is 12.4 Å². The van der Waals surface area contributed by atoms with Gasteiger partial charge in [0, 0.05) is 13.2 Å². The van der Waals surface area contributed by atoms with E-state index in [0.717, 1.165) is 18.9 Å². The molecule has 1 aliphatic rings. The highest BCUT2D eigenvalue weighted by Crippen LogP contribution is 2.40. The zero-order valence-corrected chi connectivity index (χ0v) is 10.4. The van der Waals surface area contributed by atoms with E-state index in [0.29, 0.717) is 5.41 Å². The number of hydrogen-bond acceptors (Lipinski definition) is 2. The topological polar surface area (TPSA) is 43.8 Å². The van der Waals surface area contributed by atoms with Gasteiger partial charge in [-0.2, -0.15) is 5.10 Å². The monoisotopic (exact) mass is 221 g/mol. The van der Waals surface area contributed by atoms with Crippen molar-refractivity contribution in [2.24, 2.45) is 24.1 Å². The van der Waals surface area contributed by atoms with Crippen LogP contribution < -0.4 is 5.73 Å². The summed E-state index contributed by atoms with van der Waals surface area (Å²) < 4.78 is 1.88. The van der Waals surface area contributed by atoms with Crippen LogP contribution in [0.3, 0.4) is 0 Å². The molecule has 0 unspecified atom stereocenters. The first-order valence-corrected chi connectivity index (χ1v) is 6.31. The first-order chi connectivity index (χ1) is 7.63. The highest BCUT2D eigenvalue weighted by molar-refractivity contribution is 5.08. The molecule has 0 bridgehead atoms. The first-order valence-electron chi connectivity index (χ1n) is 6.31. The predicted molar refractivity (Wildman–Crippen MR) is 66.0 cm³/mol. The second-order valence-corrected chi connectivity index (χ2v) is 5.59. The van der Waals surface area contributed by atoms with Gasteiger partial charge in [0.05, 0.1) is 6.20 Å². The normalized spacial score (nSPS) is 30.6. The fourth-order valence-electron chi connectivity index (χ4n) is 2.82. The van der Waals surface area contributed by atoms with Crippen molar-refractivity contribution in [2.45, 2.75) is 39.0 Å². The van der Waals surface area contributed by atoms with Gasteiger partial charge in [0.2, 0.25) is 0 Å².